The SMILES string of the molecule is CC1=C[CH]([Ti+2](=[C](C)C)[CH]2C=C(C)c3cc(-c4ccccc4)ccc32)c2ccc(-c3ccccc3)cc21.[Cl-].[Cl-]. The van der Waals surface area contributed by atoms with Crippen molar-refractivity contribution < 1.29 is 42.2 Å². The van der Waals surface area contributed by atoms with Gasteiger partial charge >= 0.3 is 222 Å². The first kappa shape index (κ1) is 28.5. The first-order valence-electron chi connectivity index (χ1n) is 12.9. The van der Waals surface area contributed by atoms with Crippen molar-refractivity contribution in [3.63, 3.8) is 0 Å². The van der Waals surface area contributed by atoms with Crippen LogP contribution in [0.1, 0.15) is 58.4 Å². The smallest absolute Gasteiger partial charge is 1.00 e. The van der Waals surface area contributed by atoms with Crippen LogP contribution >= 0.6 is 0 Å². The fraction of sp³-hybridized carbons (Fsp3) is 0.171. The number of fused-ring (bicyclic) bond motifs is 2. The van der Waals surface area contributed by atoms with Crippen molar-refractivity contribution in [2.24, 2.45) is 0 Å². The molecule has 4 aromatic rings. The van der Waals surface area contributed by atoms with Crippen molar-refractivity contribution in [2.45, 2.75) is 36.1 Å². The van der Waals surface area contributed by atoms with Gasteiger partial charge in [-0.3, -0.25) is 0 Å². The van der Waals surface area contributed by atoms with E-state index in [1.807, 2.05) is 0 Å². The monoisotopic (exact) mass is 570 g/mol. The Balaban J connectivity index is 0.00000168. The molecule has 0 spiro atoms. The van der Waals surface area contributed by atoms with E-state index >= 15 is 0 Å². The number of allylic oxidation sites excluding steroid dienone is 4. The number of halogens is 2. The second-order valence-corrected chi connectivity index (χ2v) is 15.4. The van der Waals surface area contributed by atoms with Crippen molar-refractivity contribution in [3.8, 4) is 22.3 Å². The van der Waals surface area contributed by atoms with Gasteiger partial charge < -0.3 is 24.8 Å². The molecule has 2 aliphatic carbocycles. The van der Waals surface area contributed by atoms with E-state index in [0.717, 1.165) is 0 Å². The van der Waals surface area contributed by atoms with Gasteiger partial charge in [-0.1, -0.05) is 0 Å². The van der Waals surface area contributed by atoms with E-state index in [2.05, 4.69) is 137 Å². The fourth-order valence-electron chi connectivity index (χ4n) is 6.15. The van der Waals surface area contributed by atoms with Crippen molar-refractivity contribution in [1.82, 2.24) is 0 Å². The van der Waals surface area contributed by atoms with Gasteiger partial charge in [-0.05, 0) is 0 Å². The van der Waals surface area contributed by atoms with Gasteiger partial charge in [0.2, 0.25) is 0 Å². The number of benzene rings is 4. The van der Waals surface area contributed by atoms with Crippen LogP contribution in [-0.4, -0.2) is 3.81 Å². The van der Waals surface area contributed by atoms with E-state index < -0.39 is 17.4 Å². The Kier molecular flexibility index (Phi) is 8.80. The molecule has 0 N–H and O–H groups in total. The van der Waals surface area contributed by atoms with Crippen molar-refractivity contribution in [3.05, 3.63) is 131 Å². The molecule has 0 aromatic heterocycles. The number of hydrogen-bond donors (Lipinski definition) is 0. The minimum atomic E-state index is -1.74. The molecular formula is C35H32Cl2Ti. The average Bonchev–Trinajstić information content (AvgIpc) is 3.41. The molecule has 0 radical (unpaired) electrons. The van der Waals surface area contributed by atoms with Crippen LogP contribution in [0.15, 0.2) is 109 Å². The zero-order valence-electron chi connectivity index (χ0n) is 22.3. The molecule has 0 aliphatic heterocycles. The van der Waals surface area contributed by atoms with E-state index in [0.29, 0.717) is 8.45 Å². The molecule has 0 fully saturated rings. The van der Waals surface area contributed by atoms with E-state index in [-0.39, 0.29) is 24.8 Å². The summed E-state index contributed by atoms with van der Waals surface area (Å²) >= 11 is -1.74. The Hall–Kier alpha value is -2.48. The van der Waals surface area contributed by atoms with Crippen LogP contribution < -0.4 is 24.8 Å². The molecule has 4 aromatic carbocycles. The standard InChI is InChI=1S/2C16H13.C3H6.2ClH.Ti/c2*1-12-7-8-14-9-10-15(11-16(12)14)13-5-3-2-4-6-13;1-3-2;;;/h2*2-11H,1H3;1-2H3;2*1H;/q;;;;;+2/p-2. The van der Waals surface area contributed by atoms with Crippen LogP contribution in [0.3, 0.4) is 0 Å². The van der Waals surface area contributed by atoms with Gasteiger partial charge in [-0.15, -0.1) is 0 Å². The summed E-state index contributed by atoms with van der Waals surface area (Å²) in [6.07, 6.45) is 5.20. The second kappa shape index (κ2) is 11.7. The summed E-state index contributed by atoms with van der Waals surface area (Å²) in [5, 5.41) is 0. The molecule has 0 bridgehead atoms. The molecule has 190 valence electrons. The third-order valence-corrected chi connectivity index (χ3v) is 13.3. The Labute approximate surface area is 245 Å². The normalized spacial score (nSPS) is 16.6. The fourth-order valence-corrected chi connectivity index (χ4v) is 11.9. The van der Waals surface area contributed by atoms with Gasteiger partial charge in [0.1, 0.15) is 0 Å². The first-order valence-corrected chi connectivity index (χ1v) is 15.5. The summed E-state index contributed by atoms with van der Waals surface area (Å²) in [6.45, 7) is 9.41. The Morgan fingerprint density at radius 3 is 1.29 bits per heavy atom. The Bertz CT molecular complexity index is 1450. The molecule has 0 heterocycles. The van der Waals surface area contributed by atoms with Crippen LogP contribution in [0.5, 0.6) is 0 Å². The second-order valence-electron chi connectivity index (χ2n) is 10.4. The van der Waals surface area contributed by atoms with Gasteiger partial charge in [0.05, 0.1) is 0 Å². The summed E-state index contributed by atoms with van der Waals surface area (Å²) < 4.78 is 2.78. The van der Waals surface area contributed by atoms with Crippen LogP contribution in [0, 0.1) is 0 Å². The van der Waals surface area contributed by atoms with Gasteiger partial charge in [0, 0.05) is 0 Å². The minimum absolute atomic E-state index is 0. The number of hydrogen-bond acceptors (Lipinski definition) is 0. The van der Waals surface area contributed by atoms with Gasteiger partial charge in [0.15, 0.2) is 0 Å². The average molecular weight is 571 g/mol. The van der Waals surface area contributed by atoms with Crippen molar-refractivity contribution in [1.29, 1.82) is 0 Å². The predicted octanol–water partition coefficient (Wildman–Crippen LogP) is 3.48. The molecule has 3 heteroatoms. The van der Waals surface area contributed by atoms with E-state index in [4.69, 9.17) is 0 Å². The van der Waals surface area contributed by atoms with E-state index in [1.165, 1.54) is 44.5 Å². The summed E-state index contributed by atoms with van der Waals surface area (Å²) in [5.41, 5.74) is 14.1. The summed E-state index contributed by atoms with van der Waals surface area (Å²) in [4.78, 5) is 0. The molecule has 0 amide bonds. The van der Waals surface area contributed by atoms with Crippen LogP contribution in [0.2, 0.25) is 0 Å². The quantitative estimate of drug-likeness (QED) is 0.330. The summed E-state index contributed by atoms with van der Waals surface area (Å²) in [6, 6.07) is 35.9. The maximum Gasteiger partial charge on any atom is -1.00 e. The molecule has 0 nitrogen and oxygen atoms in total. The molecule has 6 rings (SSSR count). The molecule has 0 saturated heterocycles. The van der Waals surface area contributed by atoms with Crippen LogP contribution in [0.25, 0.3) is 33.4 Å². The van der Waals surface area contributed by atoms with Gasteiger partial charge in [-0.2, -0.15) is 0 Å². The largest absolute Gasteiger partial charge is 1.00 e. The molecular weight excluding hydrogens is 539 g/mol. The maximum absolute atomic E-state index is 2.60. The summed E-state index contributed by atoms with van der Waals surface area (Å²) in [7, 11) is 0. The predicted molar refractivity (Wildman–Crippen MR) is 153 cm³/mol. The molecule has 2 aliphatic rings. The Morgan fingerprint density at radius 1 is 0.526 bits per heavy atom. The van der Waals surface area contributed by atoms with Crippen molar-refractivity contribution >= 4 is 15.0 Å². The van der Waals surface area contributed by atoms with Crippen LogP contribution in [0.4, 0.5) is 0 Å². The molecule has 38 heavy (non-hydrogen) atoms. The topological polar surface area (TPSA) is 0 Å². The summed E-state index contributed by atoms with van der Waals surface area (Å²) in [5.74, 6) is 0. The third-order valence-electron chi connectivity index (χ3n) is 7.92. The van der Waals surface area contributed by atoms with E-state index in [1.54, 1.807) is 14.9 Å². The zero-order chi connectivity index (χ0) is 24.8. The Morgan fingerprint density at radius 2 is 0.921 bits per heavy atom. The zero-order valence-corrected chi connectivity index (χ0v) is 25.4. The van der Waals surface area contributed by atoms with Crippen molar-refractivity contribution in [2.75, 3.05) is 0 Å². The minimum Gasteiger partial charge on any atom is -1.00 e. The maximum atomic E-state index is 2.60. The van der Waals surface area contributed by atoms with E-state index in [9.17, 15) is 0 Å². The molecule has 2 unspecified atom stereocenters. The van der Waals surface area contributed by atoms with Crippen LogP contribution in [-0.2, 0) is 17.4 Å². The first-order chi connectivity index (χ1) is 17.5. The van der Waals surface area contributed by atoms with Gasteiger partial charge in [0.25, 0.3) is 0 Å². The molecule has 2 atom stereocenters. The number of rotatable bonds is 4. The van der Waals surface area contributed by atoms with Gasteiger partial charge in [-0.25, -0.2) is 0 Å². The molecule has 0 saturated carbocycles. The third kappa shape index (κ3) is 5.08.